The number of esters is 1. The summed E-state index contributed by atoms with van der Waals surface area (Å²) in [6.45, 7) is 2.08. The standard InChI is InChI=1S/C32H20Cl2O6/c1-18-30(24-14-20(11-13-27(24)38-18)37-17-19-6-3-2-4-7-19)32(36)39-21-10-12-22-28(15-21)40-29(31(22)35)16-23-25(33)8-5-9-26(23)34/h2-16H,17H2,1H3/b29-16-. The number of Topliss-reactive ketones (excluding diaryl/α,β-unsaturated/α-hetero) is 1. The van der Waals surface area contributed by atoms with Crippen LogP contribution in [-0.2, 0) is 6.61 Å². The quantitative estimate of drug-likeness (QED) is 0.116. The average Bonchev–Trinajstić information content (AvgIpc) is 3.44. The Balaban J connectivity index is 1.23. The largest absolute Gasteiger partial charge is 0.489 e. The number of carbonyl (C=O) groups excluding carboxylic acids is 2. The second-order valence-corrected chi connectivity index (χ2v) is 9.90. The van der Waals surface area contributed by atoms with E-state index in [-0.39, 0.29) is 28.6 Å². The number of furan rings is 1. The van der Waals surface area contributed by atoms with Crippen molar-refractivity contribution in [2.45, 2.75) is 13.5 Å². The second-order valence-electron chi connectivity index (χ2n) is 9.09. The maximum Gasteiger partial charge on any atom is 0.347 e. The predicted octanol–water partition coefficient (Wildman–Crippen LogP) is 8.46. The van der Waals surface area contributed by atoms with Gasteiger partial charge in [-0.05, 0) is 61.0 Å². The molecule has 0 N–H and O–H groups in total. The summed E-state index contributed by atoms with van der Waals surface area (Å²) in [6, 6.07) is 24.7. The molecule has 6 nitrogen and oxygen atoms in total. The van der Waals surface area contributed by atoms with Gasteiger partial charge in [0, 0.05) is 27.1 Å². The molecule has 4 aromatic carbocycles. The van der Waals surface area contributed by atoms with Crippen molar-refractivity contribution in [2.24, 2.45) is 0 Å². The van der Waals surface area contributed by atoms with Crippen LogP contribution >= 0.6 is 23.2 Å². The molecule has 0 fully saturated rings. The molecule has 198 valence electrons. The van der Waals surface area contributed by atoms with Crippen LogP contribution in [-0.4, -0.2) is 11.8 Å². The van der Waals surface area contributed by atoms with E-state index in [9.17, 15) is 9.59 Å². The van der Waals surface area contributed by atoms with E-state index < -0.39 is 5.97 Å². The minimum Gasteiger partial charge on any atom is -0.489 e. The zero-order chi connectivity index (χ0) is 27.8. The molecule has 1 aromatic heterocycles. The first kappa shape index (κ1) is 25.7. The normalized spacial score (nSPS) is 13.4. The van der Waals surface area contributed by atoms with Crippen molar-refractivity contribution in [2.75, 3.05) is 0 Å². The van der Waals surface area contributed by atoms with Crippen LogP contribution in [0.2, 0.25) is 10.0 Å². The highest BCUT2D eigenvalue weighted by Crippen LogP contribution is 2.37. The summed E-state index contributed by atoms with van der Waals surface area (Å²) in [5.41, 5.74) is 2.65. The number of rotatable bonds is 6. The van der Waals surface area contributed by atoms with Gasteiger partial charge in [0.05, 0.1) is 5.56 Å². The Labute approximate surface area is 239 Å². The lowest BCUT2D eigenvalue weighted by Crippen LogP contribution is -2.09. The summed E-state index contributed by atoms with van der Waals surface area (Å²) in [7, 11) is 0. The van der Waals surface area contributed by atoms with Crippen LogP contribution in [0.15, 0.2) is 95.1 Å². The van der Waals surface area contributed by atoms with Crippen molar-refractivity contribution < 1.29 is 28.2 Å². The Kier molecular flexibility index (Phi) is 6.80. The highest BCUT2D eigenvalue weighted by molar-refractivity contribution is 6.37. The number of aryl methyl sites for hydroxylation is 1. The Bertz CT molecular complexity index is 1800. The molecule has 0 spiro atoms. The first-order valence-corrected chi connectivity index (χ1v) is 13.1. The molecule has 0 aliphatic carbocycles. The molecule has 8 heteroatoms. The van der Waals surface area contributed by atoms with Gasteiger partial charge >= 0.3 is 5.97 Å². The van der Waals surface area contributed by atoms with Crippen LogP contribution in [0.4, 0.5) is 0 Å². The number of hydrogen-bond donors (Lipinski definition) is 0. The van der Waals surface area contributed by atoms with E-state index in [4.69, 9.17) is 41.8 Å². The van der Waals surface area contributed by atoms with Gasteiger partial charge in [0.25, 0.3) is 0 Å². The number of ether oxygens (including phenoxy) is 3. The van der Waals surface area contributed by atoms with E-state index in [1.165, 1.54) is 18.2 Å². The molecular formula is C32H20Cl2O6. The fraction of sp³-hybridized carbons (Fsp3) is 0.0625. The zero-order valence-corrected chi connectivity index (χ0v) is 22.6. The van der Waals surface area contributed by atoms with Crippen molar-refractivity contribution in [1.29, 1.82) is 0 Å². The fourth-order valence-corrected chi connectivity index (χ4v) is 4.96. The van der Waals surface area contributed by atoms with Gasteiger partial charge in [-0.3, -0.25) is 4.79 Å². The molecule has 0 bridgehead atoms. The number of carbonyl (C=O) groups is 2. The number of hydrogen-bond acceptors (Lipinski definition) is 6. The molecule has 6 rings (SSSR count). The van der Waals surface area contributed by atoms with E-state index in [1.807, 2.05) is 30.3 Å². The van der Waals surface area contributed by atoms with Crippen molar-refractivity contribution in [3.05, 3.63) is 129 Å². The van der Waals surface area contributed by atoms with Crippen LogP contribution in [0, 0.1) is 6.92 Å². The highest BCUT2D eigenvalue weighted by Gasteiger charge is 2.29. The third-order valence-electron chi connectivity index (χ3n) is 6.42. The Morgan fingerprint density at radius 3 is 2.42 bits per heavy atom. The molecule has 0 amide bonds. The molecule has 40 heavy (non-hydrogen) atoms. The van der Waals surface area contributed by atoms with Crippen LogP contribution in [0.3, 0.4) is 0 Å². The average molecular weight is 571 g/mol. The third-order valence-corrected chi connectivity index (χ3v) is 7.07. The summed E-state index contributed by atoms with van der Waals surface area (Å²) in [5.74, 6) is 0.591. The minimum atomic E-state index is -0.612. The summed E-state index contributed by atoms with van der Waals surface area (Å²) in [4.78, 5) is 26.2. The molecule has 0 radical (unpaired) electrons. The topological polar surface area (TPSA) is 75.0 Å². The monoisotopic (exact) mass is 570 g/mol. The number of fused-ring (bicyclic) bond motifs is 2. The zero-order valence-electron chi connectivity index (χ0n) is 21.1. The van der Waals surface area contributed by atoms with Crippen LogP contribution < -0.4 is 14.2 Å². The van der Waals surface area contributed by atoms with Gasteiger partial charge in [0.2, 0.25) is 5.78 Å². The molecular weight excluding hydrogens is 551 g/mol. The lowest BCUT2D eigenvalue weighted by atomic mass is 10.1. The number of benzene rings is 4. The molecule has 0 atom stereocenters. The molecule has 2 heterocycles. The first-order valence-electron chi connectivity index (χ1n) is 12.3. The van der Waals surface area contributed by atoms with E-state index in [0.717, 1.165) is 5.56 Å². The molecule has 1 aliphatic rings. The van der Waals surface area contributed by atoms with Gasteiger partial charge in [0.15, 0.2) is 5.76 Å². The van der Waals surface area contributed by atoms with Crippen molar-refractivity contribution >= 4 is 52.0 Å². The highest BCUT2D eigenvalue weighted by atomic mass is 35.5. The van der Waals surface area contributed by atoms with E-state index in [2.05, 4.69) is 0 Å². The maximum absolute atomic E-state index is 13.3. The second kappa shape index (κ2) is 10.6. The van der Waals surface area contributed by atoms with Crippen LogP contribution in [0.25, 0.3) is 17.0 Å². The van der Waals surface area contributed by atoms with Gasteiger partial charge in [-0.1, -0.05) is 59.6 Å². The molecule has 0 unspecified atom stereocenters. The Morgan fingerprint density at radius 1 is 0.900 bits per heavy atom. The van der Waals surface area contributed by atoms with Gasteiger partial charge in [-0.2, -0.15) is 0 Å². The van der Waals surface area contributed by atoms with E-state index in [1.54, 1.807) is 49.4 Å². The summed E-state index contributed by atoms with van der Waals surface area (Å²) >= 11 is 12.5. The summed E-state index contributed by atoms with van der Waals surface area (Å²) in [5, 5.41) is 1.35. The lowest BCUT2D eigenvalue weighted by Gasteiger charge is -2.07. The third kappa shape index (κ3) is 4.95. The molecule has 1 aliphatic heterocycles. The van der Waals surface area contributed by atoms with E-state index in [0.29, 0.717) is 50.3 Å². The maximum atomic E-state index is 13.3. The lowest BCUT2D eigenvalue weighted by molar-refractivity contribution is 0.0734. The van der Waals surface area contributed by atoms with Crippen LogP contribution in [0.1, 0.15) is 37.6 Å². The SMILES string of the molecule is Cc1oc2ccc(OCc3ccccc3)cc2c1C(=O)Oc1ccc2c(c1)O/C(=C\c1c(Cl)cccc1Cl)C2=O. The summed E-state index contributed by atoms with van der Waals surface area (Å²) < 4.78 is 23.2. The van der Waals surface area contributed by atoms with Gasteiger partial charge in [-0.15, -0.1) is 0 Å². The number of ketones is 1. The molecule has 0 saturated heterocycles. The summed E-state index contributed by atoms with van der Waals surface area (Å²) in [6.07, 6.45) is 1.50. The minimum absolute atomic E-state index is 0.0631. The first-order chi connectivity index (χ1) is 19.4. The Morgan fingerprint density at radius 2 is 1.65 bits per heavy atom. The van der Waals surface area contributed by atoms with Crippen molar-refractivity contribution in [3.63, 3.8) is 0 Å². The number of halogens is 2. The van der Waals surface area contributed by atoms with Crippen molar-refractivity contribution in [1.82, 2.24) is 0 Å². The van der Waals surface area contributed by atoms with Gasteiger partial charge in [-0.25, -0.2) is 4.79 Å². The predicted molar refractivity (Wildman–Crippen MR) is 153 cm³/mol. The van der Waals surface area contributed by atoms with E-state index >= 15 is 0 Å². The molecule has 5 aromatic rings. The van der Waals surface area contributed by atoms with Gasteiger partial charge in [0.1, 0.15) is 40.8 Å². The van der Waals surface area contributed by atoms with Crippen LogP contribution in [0.5, 0.6) is 17.2 Å². The number of allylic oxidation sites excluding steroid dienone is 1. The van der Waals surface area contributed by atoms with Crippen molar-refractivity contribution in [3.8, 4) is 17.2 Å². The Hall–Kier alpha value is -4.52. The van der Waals surface area contributed by atoms with Gasteiger partial charge < -0.3 is 18.6 Å². The fourth-order valence-electron chi connectivity index (χ4n) is 4.45. The smallest absolute Gasteiger partial charge is 0.347 e. The molecule has 0 saturated carbocycles.